The molecular formula is C45H57Cl2FN2O3. The highest BCUT2D eigenvalue weighted by Gasteiger charge is 2.37. The molecule has 0 saturated carbocycles. The van der Waals surface area contributed by atoms with Crippen LogP contribution in [0.15, 0.2) is 108 Å². The molecule has 0 radical (unpaired) electrons. The summed E-state index contributed by atoms with van der Waals surface area (Å²) in [4.78, 5) is 4.17. The molecule has 4 unspecified atom stereocenters. The molecule has 0 aliphatic heterocycles. The van der Waals surface area contributed by atoms with E-state index in [1.54, 1.807) is 19.2 Å². The van der Waals surface area contributed by atoms with Gasteiger partial charge in [0.2, 0.25) is 0 Å². The molecule has 4 aromatic rings. The summed E-state index contributed by atoms with van der Waals surface area (Å²) < 4.78 is 18.6. The Morgan fingerprint density at radius 3 is 1.49 bits per heavy atom. The zero-order valence-corrected chi connectivity index (χ0v) is 34.2. The van der Waals surface area contributed by atoms with Gasteiger partial charge in [-0.15, -0.1) is 0 Å². The minimum Gasteiger partial charge on any atom is -0.497 e. The zero-order valence-electron chi connectivity index (χ0n) is 32.7. The third-order valence-electron chi connectivity index (χ3n) is 9.78. The van der Waals surface area contributed by atoms with E-state index in [2.05, 4.69) is 16.7 Å². The first-order valence-corrected chi connectivity index (χ1v) is 18.7. The van der Waals surface area contributed by atoms with Crippen LogP contribution in [-0.4, -0.2) is 79.6 Å². The molecule has 0 aliphatic carbocycles. The SMILES string of the molecule is CC(=Cc1ccc(Cl)cc1)C(O)(Cc1ccc(F)cc1)C(C)CN(C)C.COc1cccc(CC(O)(C(C)=Cc2ccc(Cl)cc2)C(C)CN(C)C)c1. The van der Waals surface area contributed by atoms with Crippen LogP contribution in [0.5, 0.6) is 5.75 Å². The molecule has 4 aromatic carbocycles. The number of nitrogens with zero attached hydrogens (tertiary/aromatic N) is 2. The molecule has 4 rings (SSSR count). The normalized spacial score (nSPS) is 15.6. The molecule has 0 aromatic heterocycles. The summed E-state index contributed by atoms with van der Waals surface area (Å²) in [6, 6.07) is 29.4. The van der Waals surface area contributed by atoms with Crippen molar-refractivity contribution >= 4 is 35.4 Å². The number of halogens is 3. The average molecular weight is 764 g/mol. The fourth-order valence-corrected chi connectivity index (χ4v) is 6.93. The Morgan fingerprint density at radius 1 is 0.679 bits per heavy atom. The highest BCUT2D eigenvalue weighted by Crippen LogP contribution is 2.34. The number of aliphatic hydroxyl groups is 2. The lowest BCUT2D eigenvalue weighted by Gasteiger charge is -2.37. The summed E-state index contributed by atoms with van der Waals surface area (Å²) in [7, 11) is 9.70. The van der Waals surface area contributed by atoms with Crippen LogP contribution < -0.4 is 4.74 Å². The van der Waals surface area contributed by atoms with Gasteiger partial charge >= 0.3 is 0 Å². The Kier molecular flexibility index (Phi) is 16.8. The van der Waals surface area contributed by atoms with E-state index in [1.165, 1.54) is 12.1 Å². The maximum Gasteiger partial charge on any atom is 0.123 e. The number of ether oxygens (including phenoxy) is 1. The molecule has 286 valence electrons. The molecule has 0 bridgehead atoms. The van der Waals surface area contributed by atoms with Crippen LogP contribution in [0.3, 0.4) is 0 Å². The number of benzene rings is 4. The molecule has 0 aliphatic rings. The maximum absolute atomic E-state index is 13.2. The monoisotopic (exact) mass is 762 g/mol. The van der Waals surface area contributed by atoms with Crippen LogP contribution in [-0.2, 0) is 12.8 Å². The van der Waals surface area contributed by atoms with Crippen LogP contribution in [0.2, 0.25) is 10.0 Å². The van der Waals surface area contributed by atoms with Gasteiger partial charge in [-0.3, -0.25) is 0 Å². The summed E-state index contributed by atoms with van der Waals surface area (Å²) in [6.07, 6.45) is 4.99. The van der Waals surface area contributed by atoms with Crippen molar-refractivity contribution < 1.29 is 19.3 Å². The van der Waals surface area contributed by atoms with E-state index in [9.17, 15) is 14.6 Å². The molecule has 0 amide bonds. The fraction of sp³-hybridized carbons (Fsp3) is 0.378. The van der Waals surface area contributed by atoms with Gasteiger partial charge in [0, 0.05) is 47.8 Å². The third kappa shape index (κ3) is 13.4. The molecule has 2 N–H and O–H groups in total. The molecule has 0 heterocycles. The van der Waals surface area contributed by atoms with E-state index < -0.39 is 11.2 Å². The second kappa shape index (κ2) is 20.3. The summed E-state index contributed by atoms with van der Waals surface area (Å²) in [5, 5.41) is 24.8. The van der Waals surface area contributed by atoms with E-state index in [1.807, 2.05) is 134 Å². The van der Waals surface area contributed by atoms with E-state index in [0.29, 0.717) is 22.9 Å². The van der Waals surface area contributed by atoms with Crippen molar-refractivity contribution in [3.8, 4) is 5.75 Å². The van der Waals surface area contributed by atoms with Gasteiger partial charge in [0.1, 0.15) is 11.6 Å². The third-order valence-corrected chi connectivity index (χ3v) is 10.3. The quantitative estimate of drug-likeness (QED) is 0.126. The van der Waals surface area contributed by atoms with Gasteiger partial charge in [-0.05, 0) is 124 Å². The van der Waals surface area contributed by atoms with Crippen molar-refractivity contribution in [3.05, 3.63) is 146 Å². The van der Waals surface area contributed by atoms with Gasteiger partial charge in [-0.25, -0.2) is 4.39 Å². The van der Waals surface area contributed by atoms with Gasteiger partial charge in [0.25, 0.3) is 0 Å². The van der Waals surface area contributed by atoms with Crippen molar-refractivity contribution in [2.75, 3.05) is 48.4 Å². The highest BCUT2D eigenvalue weighted by atomic mass is 35.5. The second-order valence-corrected chi connectivity index (χ2v) is 15.6. The van der Waals surface area contributed by atoms with Crippen LogP contribution in [0, 0.1) is 17.7 Å². The maximum atomic E-state index is 13.2. The van der Waals surface area contributed by atoms with Gasteiger partial charge in [0.15, 0.2) is 0 Å². The number of methoxy groups -OCH3 is 1. The van der Waals surface area contributed by atoms with E-state index >= 15 is 0 Å². The summed E-state index contributed by atoms with van der Waals surface area (Å²) >= 11 is 12.0. The molecular weight excluding hydrogens is 706 g/mol. The second-order valence-electron chi connectivity index (χ2n) is 14.8. The first-order valence-electron chi connectivity index (χ1n) is 18.0. The van der Waals surface area contributed by atoms with Crippen molar-refractivity contribution in [1.82, 2.24) is 9.80 Å². The predicted molar refractivity (Wildman–Crippen MR) is 222 cm³/mol. The standard InChI is InChI=1S/C23H30ClNO2.C22H27ClFNO/c1-17(13-19-9-11-21(24)12-10-19)23(26,18(2)16-25(3)4)15-20-7-6-8-22(14-20)27-5;1-16(13-18-5-9-20(23)10-6-18)22(26,17(2)15-25(3)4)14-19-7-11-21(24)12-8-19/h6-14,18,26H,15-16H2,1-5H3;5-13,17,26H,14-15H2,1-4H3. The van der Waals surface area contributed by atoms with Crippen LogP contribution in [0.4, 0.5) is 4.39 Å². The van der Waals surface area contributed by atoms with Crippen LogP contribution in [0.25, 0.3) is 12.2 Å². The van der Waals surface area contributed by atoms with Gasteiger partial charge in [0.05, 0.1) is 18.3 Å². The Hall–Kier alpha value is -3.49. The van der Waals surface area contributed by atoms with Gasteiger partial charge in [-0.2, -0.15) is 0 Å². The highest BCUT2D eigenvalue weighted by molar-refractivity contribution is 6.30. The minimum atomic E-state index is -1.04. The number of hydrogen-bond acceptors (Lipinski definition) is 5. The Labute approximate surface area is 327 Å². The topological polar surface area (TPSA) is 56.2 Å². The molecule has 5 nitrogen and oxygen atoms in total. The Bertz CT molecular complexity index is 1780. The lowest BCUT2D eigenvalue weighted by molar-refractivity contribution is 0.0147. The molecule has 4 atom stereocenters. The van der Waals surface area contributed by atoms with Crippen LogP contribution >= 0.6 is 23.2 Å². The lowest BCUT2D eigenvalue weighted by Crippen LogP contribution is -2.44. The zero-order chi connectivity index (χ0) is 39.3. The van der Waals surface area contributed by atoms with Crippen molar-refractivity contribution in [2.24, 2.45) is 11.8 Å². The smallest absolute Gasteiger partial charge is 0.123 e. The summed E-state index contributed by atoms with van der Waals surface area (Å²) in [6.45, 7) is 9.61. The van der Waals surface area contributed by atoms with Crippen LogP contribution in [0.1, 0.15) is 49.9 Å². The molecule has 0 saturated heterocycles. The first-order chi connectivity index (χ1) is 24.9. The van der Waals surface area contributed by atoms with E-state index in [0.717, 1.165) is 52.2 Å². The summed E-state index contributed by atoms with van der Waals surface area (Å²) in [5.41, 5.74) is 3.76. The summed E-state index contributed by atoms with van der Waals surface area (Å²) in [5.74, 6) is 0.565. The van der Waals surface area contributed by atoms with E-state index in [4.69, 9.17) is 27.9 Å². The van der Waals surface area contributed by atoms with Gasteiger partial charge < -0.3 is 24.7 Å². The predicted octanol–water partition coefficient (Wildman–Crippen LogP) is 9.98. The molecule has 8 heteroatoms. The fourth-order valence-electron chi connectivity index (χ4n) is 6.68. The van der Waals surface area contributed by atoms with Crippen molar-refractivity contribution in [1.29, 1.82) is 0 Å². The largest absolute Gasteiger partial charge is 0.497 e. The minimum absolute atomic E-state index is 0.00824. The molecule has 53 heavy (non-hydrogen) atoms. The van der Waals surface area contributed by atoms with Crippen molar-refractivity contribution in [2.45, 2.75) is 51.7 Å². The van der Waals surface area contributed by atoms with Gasteiger partial charge in [-0.1, -0.05) is 97.7 Å². The van der Waals surface area contributed by atoms with E-state index in [-0.39, 0.29) is 17.7 Å². The molecule has 0 fully saturated rings. The number of hydrogen-bond donors (Lipinski definition) is 2. The average Bonchev–Trinajstić information content (AvgIpc) is 3.10. The lowest BCUT2D eigenvalue weighted by atomic mass is 9.77. The first kappa shape index (κ1) is 43.9. The Balaban J connectivity index is 0.000000286. The van der Waals surface area contributed by atoms with Crippen molar-refractivity contribution in [3.63, 3.8) is 0 Å². The Morgan fingerprint density at radius 2 is 1.09 bits per heavy atom. The molecule has 0 spiro atoms. The number of rotatable bonds is 15.